The van der Waals surface area contributed by atoms with Crippen molar-refractivity contribution in [3.8, 4) is 0 Å². The van der Waals surface area contributed by atoms with Gasteiger partial charge in [-0.3, -0.25) is 4.79 Å². The lowest BCUT2D eigenvalue weighted by Gasteiger charge is -1.97. The highest BCUT2D eigenvalue weighted by molar-refractivity contribution is 9.09. The highest BCUT2D eigenvalue weighted by Crippen LogP contribution is 2.04. The van der Waals surface area contributed by atoms with Gasteiger partial charge in [0.05, 0.1) is 0 Å². The van der Waals surface area contributed by atoms with Crippen LogP contribution in [0.1, 0.15) is 25.7 Å². The first-order chi connectivity index (χ1) is 5.31. The fraction of sp³-hybridized carbons (Fsp3) is 0.875. The topological polar surface area (TPSA) is 17.1 Å². The van der Waals surface area contributed by atoms with E-state index in [1.54, 1.807) is 11.8 Å². The van der Waals surface area contributed by atoms with Gasteiger partial charge in [-0.15, -0.1) is 0 Å². The largest absolute Gasteiger partial charge is 0.300 e. The summed E-state index contributed by atoms with van der Waals surface area (Å²) in [5.41, 5.74) is 0. The number of hydrogen-bond acceptors (Lipinski definition) is 2. The maximum absolute atomic E-state index is 11.0. The van der Waals surface area contributed by atoms with Crippen molar-refractivity contribution in [2.24, 2.45) is 0 Å². The lowest BCUT2D eigenvalue weighted by Crippen LogP contribution is -1.98. The number of ketones is 1. The molecule has 1 nitrogen and oxygen atoms in total. The number of rotatable bonds is 7. The second-order valence-electron chi connectivity index (χ2n) is 2.43. The highest BCUT2D eigenvalue weighted by atomic mass is 79.9. The van der Waals surface area contributed by atoms with Gasteiger partial charge in [-0.1, -0.05) is 15.9 Å². The zero-order chi connectivity index (χ0) is 8.53. The van der Waals surface area contributed by atoms with E-state index in [2.05, 4.69) is 22.2 Å². The molecule has 0 aliphatic heterocycles. The lowest BCUT2D eigenvalue weighted by atomic mass is 10.1. The minimum absolute atomic E-state index is 0.415. The predicted molar refractivity (Wildman–Crippen MR) is 55.7 cm³/mol. The summed E-state index contributed by atoms with van der Waals surface area (Å²) >= 11 is 5.11. The Balaban J connectivity index is 3.09. The fourth-order valence-corrected chi connectivity index (χ4v) is 1.52. The van der Waals surface area contributed by atoms with Crippen molar-refractivity contribution in [1.82, 2.24) is 0 Å². The summed E-state index contributed by atoms with van der Waals surface area (Å²) in [6.45, 7) is 0. The summed E-state index contributed by atoms with van der Waals surface area (Å²) < 4.78 is 0. The quantitative estimate of drug-likeness (QED) is 0.502. The maximum Gasteiger partial charge on any atom is 0.132 e. The number of carbonyl (C=O) groups is 1. The van der Waals surface area contributed by atoms with Crippen LogP contribution in [0, 0.1) is 0 Å². The first-order valence-corrected chi connectivity index (χ1v) is 6.39. The van der Waals surface area contributed by atoms with E-state index in [4.69, 9.17) is 0 Å². The number of carbonyl (C=O) groups excluding carboxylic acids is 1. The molecule has 0 fully saturated rings. The zero-order valence-electron chi connectivity index (χ0n) is 6.94. The average Bonchev–Trinajstić information content (AvgIpc) is 2.01. The van der Waals surface area contributed by atoms with Crippen molar-refractivity contribution in [2.45, 2.75) is 25.7 Å². The van der Waals surface area contributed by atoms with E-state index in [1.807, 2.05) is 0 Å². The van der Waals surface area contributed by atoms with Crippen LogP contribution in [0.25, 0.3) is 0 Å². The molecule has 0 aromatic carbocycles. The van der Waals surface area contributed by atoms with Crippen LogP contribution < -0.4 is 0 Å². The molecule has 0 amide bonds. The Morgan fingerprint density at radius 1 is 1.36 bits per heavy atom. The van der Waals surface area contributed by atoms with Crippen LogP contribution in [0.4, 0.5) is 0 Å². The van der Waals surface area contributed by atoms with E-state index in [1.165, 1.54) is 0 Å². The van der Waals surface area contributed by atoms with Gasteiger partial charge in [0.15, 0.2) is 0 Å². The molecule has 0 bridgehead atoms. The first-order valence-electron chi connectivity index (χ1n) is 3.88. The Hall–Kier alpha value is 0.500. The normalized spacial score (nSPS) is 10.0. The van der Waals surface area contributed by atoms with Gasteiger partial charge in [-0.2, -0.15) is 11.8 Å². The molecule has 0 atom stereocenters. The molecule has 0 aromatic heterocycles. The lowest BCUT2D eigenvalue weighted by molar-refractivity contribution is -0.119. The molecule has 66 valence electrons. The number of thioether (sulfide) groups is 1. The molecule has 0 unspecified atom stereocenters. The first kappa shape index (κ1) is 11.5. The Morgan fingerprint density at radius 3 is 2.55 bits per heavy atom. The molecular formula is C8H15BrOS. The Bertz CT molecular complexity index is 106. The molecule has 0 spiro atoms. The molecule has 0 aliphatic carbocycles. The van der Waals surface area contributed by atoms with E-state index in [9.17, 15) is 4.79 Å². The van der Waals surface area contributed by atoms with Crippen molar-refractivity contribution in [3.63, 3.8) is 0 Å². The van der Waals surface area contributed by atoms with Crippen LogP contribution in [-0.4, -0.2) is 23.1 Å². The van der Waals surface area contributed by atoms with E-state index in [0.29, 0.717) is 5.78 Å². The molecule has 11 heavy (non-hydrogen) atoms. The molecule has 0 aliphatic rings. The summed E-state index contributed by atoms with van der Waals surface area (Å²) in [4.78, 5) is 11.0. The standard InChI is InChI=1S/C8H15BrOS/c1-11-7-3-5-8(10)4-2-6-9/h2-7H2,1H3. The van der Waals surface area contributed by atoms with Gasteiger partial charge in [0.1, 0.15) is 5.78 Å². The third kappa shape index (κ3) is 8.41. The second kappa shape index (κ2) is 8.60. The van der Waals surface area contributed by atoms with Crippen molar-refractivity contribution < 1.29 is 4.79 Å². The molecule has 3 heteroatoms. The summed E-state index contributed by atoms with van der Waals surface area (Å²) in [5, 5.41) is 0.946. The summed E-state index contributed by atoms with van der Waals surface area (Å²) in [6, 6.07) is 0. The number of halogens is 1. The van der Waals surface area contributed by atoms with Crippen LogP contribution in [0.2, 0.25) is 0 Å². The van der Waals surface area contributed by atoms with Crippen LogP contribution in [-0.2, 0) is 4.79 Å². The van der Waals surface area contributed by atoms with Crippen LogP contribution >= 0.6 is 27.7 Å². The van der Waals surface area contributed by atoms with E-state index >= 15 is 0 Å². The molecule has 0 aromatic rings. The average molecular weight is 239 g/mol. The number of Topliss-reactive ketones (excluding diaryl/α,β-unsaturated/α-hetero) is 1. The van der Waals surface area contributed by atoms with Gasteiger partial charge in [-0.25, -0.2) is 0 Å². The smallest absolute Gasteiger partial charge is 0.132 e. The third-order valence-electron chi connectivity index (χ3n) is 1.39. The molecule has 0 saturated carbocycles. The highest BCUT2D eigenvalue weighted by Gasteiger charge is 1.99. The van der Waals surface area contributed by atoms with Gasteiger partial charge >= 0.3 is 0 Å². The van der Waals surface area contributed by atoms with Crippen molar-refractivity contribution in [2.75, 3.05) is 17.3 Å². The van der Waals surface area contributed by atoms with Gasteiger partial charge in [0.2, 0.25) is 0 Å². The fourth-order valence-electron chi connectivity index (χ4n) is 0.803. The zero-order valence-corrected chi connectivity index (χ0v) is 9.34. The molecule has 0 saturated heterocycles. The molecular weight excluding hydrogens is 224 g/mol. The molecule has 0 radical (unpaired) electrons. The Morgan fingerprint density at radius 2 is 2.00 bits per heavy atom. The van der Waals surface area contributed by atoms with Gasteiger partial charge in [0, 0.05) is 18.2 Å². The number of hydrogen-bond donors (Lipinski definition) is 0. The predicted octanol–water partition coefficient (Wildman–Crippen LogP) is 2.87. The molecule has 0 heterocycles. The second-order valence-corrected chi connectivity index (χ2v) is 4.21. The molecule has 0 rings (SSSR count). The van der Waals surface area contributed by atoms with Crippen molar-refractivity contribution >= 4 is 33.5 Å². The van der Waals surface area contributed by atoms with Crippen LogP contribution in [0.3, 0.4) is 0 Å². The monoisotopic (exact) mass is 238 g/mol. The van der Waals surface area contributed by atoms with Gasteiger partial charge in [-0.05, 0) is 24.9 Å². The van der Waals surface area contributed by atoms with Crippen LogP contribution in [0.15, 0.2) is 0 Å². The Kier molecular flexibility index (Phi) is 8.99. The number of alkyl halides is 1. The van der Waals surface area contributed by atoms with Crippen molar-refractivity contribution in [3.05, 3.63) is 0 Å². The molecule has 0 N–H and O–H groups in total. The third-order valence-corrected chi connectivity index (χ3v) is 2.65. The SMILES string of the molecule is CSCCCC(=O)CCCBr. The minimum Gasteiger partial charge on any atom is -0.300 e. The van der Waals surface area contributed by atoms with E-state index in [-0.39, 0.29) is 0 Å². The summed E-state index contributed by atoms with van der Waals surface area (Å²) in [6.07, 6.45) is 5.62. The van der Waals surface area contributed by atoms with E-state index in [0.717, 1.165) is 36.8 Å². The van der Waals surface area contributed by atoms with Gasteiger partial charge < -0.3 is 0 Å². The van der Waals surface area contributed by atoms with Crippen LogP contribution in [0.5, 0.6) is 0 Å². The van der Waals surface area contributed by atoms with Crippen molar-refractivity contribution in [1.29, 1.82) is 0 Å². The summed E-state index contributed by atoms with van der Waals surface area (Å²) in [5.74, 6) is 1.53. The minimum atomic E-state index is 0.415. The van der Waals surface area contributed by atoms with E-state index < -0.39 is 0 Å². The van der Waals surface area contributed by atoms with Gasteiger partial charge in [0.25, 0.3) is 0 Å². The summed E-state index contributed by atoms with van der Waals surface area (Å²) in [7, 11) is 0. The maximum atomic E-state index is 11.0. The Labute approximate surface area is 81.4 Å².